The highest BCUT2D eigenvalue weighted by Gasteiger charge is 2.16. The Morgan fingerprint density at radius 1 is 0.786 bits per heavy atom. The van der Waals surface area contributed by atoms with Crippen molar-refractivity contribution in [2.24, 2.45) is 0 Å². The number of rotatable bonds is 2. The molecule has 0 amide bonds. The fourth-order valence-corrected chi connectivity index (χ4v) is 3.54. The van der Waals surface area contributed by atoms with E-state index in [-0.39, 0.29) is 5.56 Å². The minimum absolute atomic E-state index is 0.119. The highest BCUT2D eigenvalue weighted by Crippen LogP contribution is 2.26. The van der Waals surface area contributed by atoms with E-state index in [4.69, 9.17) is 16.6 Å². The maximum absolute atomic E-state index is 13.5. The lowest BCUT2D eigenvalue weighted by Gasteiger charge is -2.14. The molecule has 5 heteroatoms. The molecule has 134 valence electrons. The second-order valence-electron chi connectivity index (χ2n) is 6.45. The molecular formula is C23H14ClN3O. The third-order valence-corrected chi connectivity index (χ3v) is 4.99. The summed E-state index contributed by atoms with van der Waals surface area (Å²) >= 11 is 6.06. The summed E-state index contributed by atoms with van der Waals surface area (Å²) in [5.74, 6) is 0.566. The molecule has 5 aromatic rings. The molecule has 0 aliphatic rings. The van der Waals surface area contributed by atoms with Crippen molar-refractivity contribution in [2.75, 3.05) is 0 Å². The summed E-state index contributed by atoms with van der Waals surface area (Å²) in [6.07, 6.45) is 1.74. The van der Waals surface area contributed by atoms with Gasteiger partial charge in [-0.15, -0.1) is 0 Å². The zero-order chi connectivity index (χ0) is 19.1. The Kier molecular flexibility index (Phi) is 3.92. The van der Waals surface area contributed by atoms with Crippen LogP contribution in [-0.4, -0.2) is 14.5 Å². The Morgan fingerprint density at radius 3 is 2.36 bits per heavy atom. The Morgan fingerprint density at radius 2 is 1.57 bits per heavy atom. The molecule has 0 fully saturated rings. The largest absolute Gasteiger partial charge is 0.268 e. The number of halogens is 1. The topological polar surface area (TPSA) is 47.8 Å². The van der Waals surface area contributed by atoms with Crippen LogP contribution in [0.4, 0.5) is 0 Å². The first kappa shape index (κ1) is 16.7. The summed E-state index contributed by atoms with van der Waals surface area (Å²) in [6.45, 7) is 0. The van der Waals surface area contributed by atoms with E-state index in [1.165, 1.54) is 0 Å². The number of benzene rings is 3. The fourth-order valence-electron chi connectivity index (χ4n) is 3.41. The van der Waals surface area contributed by atoms with Crippen LogP contribution in [0.2, 0.25) is 5.02 Å². The number of hydrogen-bond acceptors (Lipinski definition) is 3. The van der Waals surface area contributed by atoms with Crippen LogP contribution in [-0.2, 0) is 0 Å². The lowest BCUT2D eigenvalue weighted by atomic mass is 10.1. The van der Waals surface area contributed by atoms with Gasteiger partial charge in [-0.1, -0.05) is 29.8 Å². The highest BCUT2D eigenvalue weighted by molar-refractivity contribution is 6.30. The standard InChI is InChI=1S/C23H14ClN3O/c24-16-10-8-15(9-11-16)22-26-21-18-7-4-14-25-20(18)13-12-19(21)23(28)27(22)17-5-2-1-3-6-17/h1-14H. The first-order valence-corrected chi connectivity index (χ1v) is 9.22. The van der Waals surface area contributed by atoms with E-state index in [1.54, 1.807) is 29.0 Å². The summed E-state index contributed by atoms with van der Waals surface area (Å²) in [5.41, 5.74) is 2.91. The van der Waals surface area contributed by atoms with E-state index >= 15 is 0 Å². The third kappa shape index (κ3) is 2.66. The van der Waals surface area contributed by atoms with Crippen molar-refractivity contribution in [2.45, 2.75) is 0 Å². The smallest absolute Gasteiger partial charge is 0.266 e. The quantitative estimate of drug-likeness (QED) is 0.391. The van der Waals surface area contributed by atoms with E-state index in [0.717, 1.165) is 22.2 Å². The van der Waals surface area contributed by atoms with E-state index < -0.39 is 0 Å². The molecule has 2 aromatic heterocycles. The minimum atomic E-state index is -0.119. The lowest BCUT2D eigenvalue weighted by Crippen LogP contribution is -2.22. The fraction of sp³-hybridized carbons (Fsp3) is 0. The lowest BCUT2D eigenvalue weighted by molar-refractivity contribution is 0.977. The Bertz CT molecular complexity index is 1380. The van der Waals surface area contributed by atoms with E-state index in [2.05, 4.69) is 4.98 Å². The van der Waals surface area contributed by atoms with Crippen molar-refractivity contribution in [3.05, 3.63) is 100 Å². The van der Waals surface area contributed by atoms with Crippen LogP contribution in [0.1, 0.15) is 0 Å². The van der Waals surface area contributed by atoms with Crippen molar-refractivity contribution >= 4 is 33.4 Å². The molecule has 0 bridgehead atoms. The average Bonchev–Trinajstić information content (AvgIpc) is 2.74. The molecule has 0 aliphatic heterocycles. The zero-order valence-corrected chi connectivity index (χ0v) is 15.5. The molecule has 0 aliphatic carbocycles. The molecule has 0 saturated carbocycles. The van der Waals surface area contributed by atoms with Gasteiger partial charge in [0.15, 0.2) is 0 Å². The summed E-state index contributed by atoms with van der Waals surface area (Å²) in [5, 5.41) is 2.04. The monoisotopic (exact) mass is 383 g/mol. The Balaban J connectivity index is 1.95. The van der Waals surface area contributed by atoms with Crippen molar-refractivity contribution in [1.82, 2.24) is 14.5 Å². The van der Waals surface area contributed by atoms with Gasteiger partial charge in [-0.25, -0.2) is 4.98 Å². The Hall–Kier alpha value is -3.50. The van der Waals surface area contributed by atoms with Crippen molar-refractivity contribution in [3.63, 3.8) is 0 Å². The summed E-state index contributed by atoms with van der Waals surface area (Å²) in [7, 11) is 0. The van der Waals surface area contributed by atoms with Gasteiger partial charge in [-0.2, -0.15) is 0 Å². The number of para-hydroxylation sites is 1. The van der Waals surface area contributed by atoms with Gasteiger partial charge >= 0.3 is 0 Å². The van der Waals surface area contributed by atoms with E-state index in [1.807, 2.05) is 60.7 Å². The predicted octanol–water partition coefficient (Wildman–Crippen LogP) is 5.25. The first-order valence-electron chi connectivity index (χ1n) is 8.84. The number of pyridine rings is 1. The number of fused-ring (bicyclic) bond motifs is 3. The van der Waals surface area contributed by atoms with Gasteiger partial charge in [0.05, 0.1) is 22.1 Å². The number of nitrogens with zero attached hydrogens (tertiary/aromatic N) is 3. The van der Waals surface area contributed by atoms with Crippen molar-refractivity contribution in [3.8, 4) is 17.1 Å². The molecule has 3 aromatic carbocycles. The third-order valence-electron chi connectivity index (χ3n) is 4.74. The predicted molar refractivity (Wildman–Crippen MR) is 113 cm³/mol. The zero-order valence-electron chi connectivity index (χ0n) is 14.7. The van der Waals surface area contributed by atoms with Gasteiger partial charge in [-0.05, 0) is 60.7 Å². The van der Waals surface area contributed by atoms with Gasteiger partial charge in [0.25, 0.3) is 5.56 Å². The van der Waals surface area contributed by atoms with Crippen LogP contribution in [0.5, 0.6) is 0 Å². The van der Waals surface area contributed by atoms with Crippen LogP contribution in [0.3, 0.4) is 0 Å². The van der Waals surface area contributed by atoms with Crippen molar-refractivity contribution < 1.29 is 0 Å². The summed E-state index contributed by atoms with van der Waals surface area (Å²) in [6, 6.07) is 24.3. The molecule has 28 heavy (non-hydrogen) atoms. The molecule has 0 unspecified atom stereocenters. The summed E-state index contributed by atoms with van der Waals surface area (Å²) in [4.78, 5) is 22.8. The van der Waals surface area contributed by atoms with Crippen LogP contribution in [0, 0.1) is 0 Å². The molecule has 0 saturated heterocycles. The second kappa shape index (κ2) is 6.59. The molecule has 0 radical (unpaired) electrons. The Labute approximate surface area is 165 Å². The van der Waals surface area contributed by atoms with Crippen LogP contribution in [0.15, 0.2) is 89.9 Å². The molecule has 0 spiro atoms. The normalized spacial score (nSPS) is 11.2. The molecule has 2 heterocycles. The average molecular weight is 384 g/mol. The highest BCUT2D eigenvalue weighted by atomic mass is 35.5. The maximum atomic E-state index is 13.5. The summed E-state index contributed by atoms with van der Waals surface area (Å²) < 4.78 is 1.65. The SMILES string of the molecule is O=c1c2ccc3ncccc3c2nc(-c2ccc(Cl)cc2)n1-c1ccccc1. The molecule has 0 atom stereocenters. The molecule has 5 rings (SSSR count). The van der Waals surface area contributed by atoms with Gasteiger partial charge in [-0.3, -0.25) is 14.3 Å². The maximum Gasteiger partial charge on any atom is 0.266 e. The second-order valence-corrected chi connectivity index (χ2v) is 6.89. The van der Waals surface area contributed by atoms with E-state index in [0.29, 0.717) is 21.7 Å². The van der Waals surface area contributed by atoms with Crippen LogP contribution in [0.25, 0.3) is 38.9 Å². The molecule has 4 nitrogen and oxygen atoms in total. The van der Waals surface area contributed by atoms with Gasteiger partial charge in [0, 0.05) is 22.2 Å². The number of aromatic nitrogens is 3. The van der Waals surface area contributed by atoms with Crippen LogP contribution < -0.4 is 5.56 Å². The van der Waals surface area contributed by atoms with Gasteiger partial charge in [0.1, 0.15) is 5.82 Å². The van der Waals surface area contributed by atoms with Gasteiger partial charge < -0.3 is 0 Å². The molecular weight excluding hydrogens is 370 g/mol. The van der Waals surface area contributed by atoms with Gasteiger partial charge in [0.2, 0.25) is 0 Å². The van der Waals surface area contributed by atoms with Crippen LogP contribution >= 0.6 is 11.6 Å². The van der Waals surface area contributed by atoms with E-state index in [9.17, 15) is 4.79 Å². The number of hydrogen-bond donors (Lipinski definition) is 0. The molecule has 0 N–H and O–H groups in total. The first-order chi connectivity index (χ1) is 13.7. The van der Waals surface area contributed by atoms with Crippen molar-refractivity contribution in [1.29, 1.82) is 0 Å². The minimum Gasteiger partial charge on any atom is -0.268 e.